The highest BCUT2D eigenvalue weighted by molar-refractivity contribution is 5.72. The Morgan fingerprint density at radius 3 is 1.08 bits per heavy atom. The van der Waals surface area contributed by atoms with E-state index in [9.17, 15) is 9.59 Å². The van der Waals surface area contributed by atoms with Crippen molar-refractivity contribution < 1.29 is 19.8 Å². The standard InChI is InChI=1S/C8H12O4.2C7H8/c9-7(10)5-1-2-6(4-3-5)8(11)12;2*1-7-5-3-2-4-6-7/h5-6H,1-4H2,(H,9,10)(H,11,12);2*2-6H,1H3. The van der Waals surface area contributed by atoms with Gasteiger partial charge in [-0.15, -0.1) is 0 Å². The first-order chi connectivity index (χ1) is 12.4. The topological polar surface area (TPSA) is 74.6 Å². The molecule has 0 bridgehead atoms. The molecule has 2 aromatic carbocycles. The molecule has 0 aromatic heterocycles. The second-order valence-electron chi connectivity index (χ2n) is 6.53. The summed E-state index contributed by atoms with van der Waals surface area (Å²) < 4.78 is 0. The first-order valence-electron chi connectivity index (χ1n) is 8.89. The van der Waals surface area contributed by atoms with Crippen LogP contribution in [-0.2, 0) is 9.59 Å². The summed E-state index contributed by atoms with van der Waals surface area (Å²) in [6, 6.07) is 20.5. The van der Waals surface area contributed by atoms with Crippen LogP contribution in [-0.4, -0.2) is 22.2 Å². The van der Waals surface area contributed by atoms with Gasteiger partial charge < -0.3 is 10.2 Å². The molecule has 0 radical (unpaired) electrons. The fraction of sp³-hybridized carbons (Fsp3) is 0.364. The smallest absolute Gasteiger partial charge is 0.306 e. The third kappa shape index (κ3) is 9.02. The van der Waals surface area contributed by atoms with Gasteiger partial charge in [0, 0.05) is 0 Å². The van der Waals surface area contributed by atoms with Gasteiger partial charge in [-0.3, -0.25) is 9.59 Å². The van der Waals surface area contributed by atoms with Gasteiger partial charge in [-0.25, -0.2) is 0 Å². The Morgan fingerprint density at radius 2 is 0.923 bits per heavy atom. The highest BCUT2D eigenvalue weighted by Gasteiger charge is 2.29. The summed E-state index contributed by atoms with van der Waals surface area (Å²) in [7, 11) is 0. The van der Waals surface area contributed by atoms with Gasteiger partial charge in [-0.05, 0) is 39.5 Å². The molecular weight excluding hydrogens is 328 g/mol. The average Bonchev–Trinajstić information content (AvgIpc) is 2.64. The number of hydrogen-bond donors (Lipinski definition) is 2. The van der Waals surface area contributed by atoms with E-state index >= 15 is 0 Å². The lowest BCUT2D eigenvalue weighted by atomic mass is 9.82. The Morgan fingerprint density at radius 1 is 0.654 bits per heavy atom. The summed E-state index contributed by atoms with van der Waals surface area (Å²) in [6.45, 7) is 4.17. The quantitative estimate of drug-likeness (QED) is 0.798. The number of hydrogen-bond acceptors (Lipinski definition) is 2. The Labute approximate surface area is 155 Å². The molecule has 0 amide bonds. The SMILES string of the molecule is Cc1ccccc1.Cc1ccccc1.O=C(O)C1CCC(C(=O)O)CC1. The van der Waals surface area contributed by atoms with Crippen molar-refractivity contribution in [3.05, 3.63) is 71.8 Å². The molecule has 1 aliphatic carbocycles. The first kappa shape index (κ1) is 21.4. The molecule has 1 aliphatic rings. The van der Waals surface area contributed by atoms with Crippen molar-refractivity contribution >= 4 is 11.9 Å². The number of rotatable bonds is 2. The fourth-order valence-electron chi connectivity index (χ4n) is 2.66. The van der Waals surface area contributed by atoms with Crippen LogP contribution in [0.4, 0.5) is 0 Å². The molecule has 2 aromatic rings. The van der Waals surface area contributed by atoms with E-state index in [2.05, 4.69) is 38.1 Å². The van der Waals surface area contributed by atoms with Gasteiger partial charge in [-0.2, -0.15) is 0 Å². The van der Waals surface area contributed by atoms with Crippen molar-refractivity contribution in [2.45, 2.75) is 39.5 Å². The molecule has 0 saturated heterocycles. The molecule has 0 unspecified atom stereocenters. The van der Waals surface area contributed by atoms with Crippen LogP contribution in [0.5, 0.6) is 0 Å². The van der Waals surface area contributed by atoms with Gasteiger partial charge in [0.15, 0.2) is 0 Å². The van der Waals surface area contributed by atoms with Crippen molar-refractivity contribution in [1.82, 2.24) is 0 Å². The van der Waals surface area contributed by atoms with E-state index in [-0.39, 0.29) is 11.8 Å². The van der Waals surface area contributed by atoms with Crippen molar-refractivity contribution in [2.24, 2.45) is 11.8 Å². The second kappa shape index (κ2) is 11.9. The van der Waals surface area contributed by atoms with Gasteiger partial charge >= 0.3 is 11.9 Å². The molecule has 3 rings (SSSR count). The summed E-state index contributed by atoms with van der Waals surface area (Å²) in [5.41, 5.74) is 2.64. The van der Waals surface area contributed by atoms with E-state index in [1.807, 2.05) is 36.4 Å². The van der Waals surface area contributed by atoms with Crippen LogP contribution in [0, 0.1) is 25.7 Å². The van der Waals surface area contributed by atoms with E-state index in [1.165, 1.54) is 11.1 Å². The molecule has 0 atom stereocenters. The predicted octanol–water partition coefficient (Wildman–Crippen LogP) is 4.95. The highest BCUT2D eigenvalue weighted by Crippen LogP contribution is 2.28. The van der Waals surface area contributed by atoms with Gasteiger partial charge in [0.1, 0.15) is 0 Å². The molecule has 0 aliphatic heterocycles. The summed E-state index contributed by atoms with van der Waals surface area (Å²) in [5, 5.41) is 17.2. The summed E-state index contributed by atoms with van der Waals surface area (Å²) in [5.74, 6) is -2.22. The summed E-state index contributed by atoms with van der Waals surface area (Å²) >= 11 is 0. The Bertz CT molecular complexity index is 585. The Kier molecular flexibility index (Phi) is 9.77. The van der Waals surface area contributed by atoms with Gasteiger partial charge in [0.25, 0.3) is 0 Å². The number of aryl methyl sites for hydroxylation is 2. The van der Waals surface area contributed by atoms with Crippen LogP contribution in [0.2, 0.25) is 0 Å². The van der Waals surface area contributed by atoms with Crippen LogP contribution in [0.15, 0.2) is 60.7 Å². The minimum absolute atomic E-state index is 0.319. The zero-order chi connectivity index (χ0) is 19.4. The van der Waals surface area contributed by atoms with Crippen LogP contribution in [0.25, 0.3) is 0 Å². The van der Waals surface area contributed by atoms with Crippen molar-refractivity contribution in [3.63, 3.8) is 0 Å². The molecule has 0 spiro atoms. The Hall–Kier alpha value is -2.62. The van der Waals surface area contributed by atoms with Gasteiger partial charge in [0.05, 0.1) is 11.8 Å². The average molecular weight is 356 g/mol. The number of aliphatic carboxylic acids is 2. The maximum atomic E-state index is 10.5. The van der Waals surface area contributed by atoms with Gasteiger partial charge in [0.2, 0.25) is 0 Å². The second-order valence-corrected chi connectivity index (χ2v) is 6.53. The normalized spacial score (nSPS) is 18.4. The highest BCUT2D eigenvalue weighted by atomic mass is 16.4. The maximum Gasteiger partial charge on any atom is 0.306 e. The number of carbonyl (C=O) groups is 2. The molecule has 1 saturated carbocycles. The summed E-state index contributed by atoms with van der Waals surface area (Å²) in [4.78, 5) is 21.0. The molecular formula is C22H28O4. The number of carboxylic acids is 2. The first-order valence-corrected chi connectivity index (χ1v) is 8.89. The van der Waals surface area contributed by atoms with E-state index in [0.29, 0.717) is 25.7 Å². The molecule has 2 N–H and O–H groups in total. The van der Waals surface area contributed by atoms with E-state index in [4.69, 9.17) is 10.2 Å². The molecule has 140 valence electrons. The minimum atomic E-state index is -0.793. The van der Waals surface area contributed by atoms with Crippen molar-refractivity contribution in [3.8, 4) is 0 Å². The predicted molar refractivity (Wildman–Crippen MR) is 103 cm³/mol. The monoisotopic (exact) mass is 356 g/mol. The van der Waals surface area contributed by atoms with E-state index in [1.54, 1.807) is 0 Å². The molecule has 4 nitrogen and oxygen atoms in total. The lowest BCUT2D eigenvalue weighted by molar-refractivity contribution is -0.148. The lowest BCUT2D eigenvalue weighted by Gasteiger charge is -2.22. The van der Waals surface area contributed by atoms with Crippen LogP contribution in [0.3, 0.4) is 0 Å². The van der Waals surface area contributed by atoms with E-state index in [0.717, 1.165) is 0 Å². The molecule has 1 fully saturated rings. The molecule has 4 heteroatoms. The zero-order valence-electron chi connectivity index (χ0n) is 15.5. The van der Waals surface area contributed by atoms with Crippen LogP contribution in [0.1, 0.15) is 36.8 Å². The van der Waals surface area contributed by atoms with Crippen LogP contribution < -0.4 is 0 Å². The number of carboxylic acid groups (broad SMARTS) is 2. The summed E-state index contributed by atoms with van der Waals surface area (Å²) in [6.07, 6.45) is 2.03. The lowest BCUT2D eigenvalue weighted by Crippen LogP contribution is -2.25. The third-order valence-corrected chi connectivity index (χ3v) is 4.31. The van der Waals surface area contributed by atoms with Crippen molar-refractivity contribution in [1.29, 1.82) is 0 Å². The molecule has 0 heterocycles. The Balaban J connectivity index is 0.000000207. The third-order valence-electron chi connectivity index (χ3n) is 4.31. The zero-order valence-corrected chi connectivity index (χ0v) is 15.5. The maximum absolute atomic E-state index is 10.5. The van der Waals surface area contributed by atoms with E-state index < -0.39 is 11.9 Å². The van der Waals surface area contributed by atoms with Crippen LogP contribution >= 0.6 is 0 Å². The number of benzene rings is 2. The van der Waals surface area contributed by atoms with Gasteiger partial charge in [-0.1, -0.05) is 71.8 Å². The fourth-order valence-corrected chi connectivity index (χ4v) is 2.66. The largest absolute Gasteiger partial charge is 0.481 e. The molecule has 26 heavy (non-hydrogen) atoms. The van der Waals surface area contributed by atoms with Crippen molar-refractivity contribution in [2.75, 3.05) is 0 Å². The minimum Gasteiger partial charge on any atom is -0.481 e.